The van der Waals surface area contributed by atoms with Gasteiger partial charge in [0.2, 0.25) is 0 Å². The predicted octanol–water partition coefficient (Wildman–Crippen LogP) is 4.17. The van der Waals surface area contributed by atoms with Gasteiger partial charge in [0.25, 0.3) is 0 Å². The molecule has 1 aliphatic rings. The zero-order valence-electron chi connectivity index (χ0n) is 12.0. The lowest BCUT2D eigenvalue weighted by molar-refractivity contribution is 0.130. The van der Waals surface area contributed by atoms with Gasteiger partial charge in [-0.05, 0) is 61.4 Å². The molecular weight excluding hydrogens is 302 g/mol. The van der Waals surface area contributed by atoms with E-state index < -0.39 is 0 Å². The van der Waals surface area contributed by atoms with E-state index in [2.05, 4.69) is 40.3 Å². The predicted molar refractivity (Wildman–Crippen MR) is 83.8 cm³/mol. The molecule has 1 saturated carbocycles. The number of nitrogens with one attached hydrogen (secondary N) is 1. The van der Waals surface area contributed by atoms with Crippen molar-refractivity contribution in [2.24, 2.45) is 5.41 Å². The zero-order chi connectivity index (χ0) is 13.7. The lowest BCUT2D eigenvalue weighted by Gasteiger charge is -2.42. The molecule has 0 radical (unpaired) electrons. The van der Waals surface area contributed by atoms with Crippen molar-refractivity contribution in [3.63, 3.8) is 0 Å². The number of methoxy groups -OCH3 is 1. The van der Waals surface area contributed by atoms with Gasteiger partial charge in [-0.3, -0.25) is 0 Å². The van der Waals surface area contributed by atoms with Gasteiger partial charge in [-0.25, -0.2) is 0 Å². The molecule has 2 rings (SSSR count). The summed E-state index contributed by atoms with van der Waals surface area (Å²) in [5.41, 5.74) is 1.83. The van der Waals surface area contributed by atoms with Gasteiger partial charge in [0.05, 0.1) is 7.11 Å². The molecule has 1 N–H and O–H groups in total. The molecule has 2 nitrogen and oxygen atoms in total. The summed E-state index contributed by atoms with van der Waals surface area (Å²) in [5, 5.41) is 3.60. The SMILES string of the molecule is CCCNCC1(Cc2cc(OC)ccc2Br)CCC1. The van der Waals surface area contributed by atoms with Gasteiger partial charge in [0.1, 0.15) is 5.75 Å². The highest BCUT2D eigenvalue weighted by Gasteiger charge is 2.36. The van der Waals surface area contributed by atoms with Gasteiger partial charge in [0, 0.05) is 11.0 Å². The first-order valence-corrected chi connectivity index (χ1v) is 8.01. The van der Waals surface area contributed by atoms with Crippen LogP contribution in [0.5, 0.6) is 5.75 Å². The van der Waals surface area contributed by atoms with E-state index in [4.69, 9.17) is 4.74 Å². The fraction of sp³-hybridized carbons (Fsp3) is 0.625. The molecule has 0 aromatic heterocycles. The Labute approximate surface area is 125 Å². The first-order chi connectivity index (χ1) is 9.19. The maximum absolute atomic E-state index is 5.34. The highest BCUT2D eigenvalue weighted by Crippen LogP contribution is 2.44. The van der Waals surface area contributed by atoms with Crippen LogP contribution in [0, 0.1) is 5.41 Å². The minimum absolute atomic E-state index is 0.462. The summed E-state index contributed by atoms with van der Waals surface area (Å²) in [4.78, 5) is 0. The Morgan fingerprint density at radius 1 is 1.37 bits per heavy atom. The number of rotatable bonds is 7. The van der Waals surface area contributed by atoms with Crippen molar-refractivity contribution in [1.82, 2.24) is 5.32 Å². The van der Waals surface area contributed by atoms with Crippen molar-refractivity contribution in [3.8, 4) is 5.75 Å². The minimum atomic E-state index is 0.462. The fourth-order valence-electron chi connectivity index (χ4n) is 2.84. The third-order valence-corrected chi connectivity index (χ3v) is 4.93. The Balaban J connectivity index is 2.05. The van der Waals surface area contributed by atoms with Crippen molar-refractivity contribution < 1.29 is 4.74 Å². The quantitative estimate of drug-likeness (QED) is 0.759. The van der Waals surface area contributed by atoms with Crippen LogP contribution in [-0.2, 0) is 6.42 Å². The molecule has 0 amide bonds. The van der Waals surface area contributed by atoms with Crippen molar-refractivity contribution in [3.05, 3.63) is 28.2 Å². The molecule has 19 heavy (non-hydrogen) atoms. The molecule has 0 atom stereocenters. The van der Waals surface area contributed by atoms with Crippen molar-refractivity contribution in [2.45, 2.75) is 39.0 Å². The van der Waals surface area contributed by atoms with Gasteiger partial charge < -0.3 is 10.1 Å². The Kier molecular flexibility index (Phi) is 5.28. The maximum atomic E-state index is 5.34. The molecule has 1 aromatic carbocycles. The Hall–Kier alpha value is -0.540. The van der Waals surface area contributed by atoms with E-state index in [9.17, 15) is 0 Å². The van der Waals surface area contributed by atoms with Crippen LogP contribution in [0.3, 0.4) is 0 Å². The lowest BCUT2D eigenvalue weighted by Crippen LogP contribution is -2.42. The van der Waals surface area contributed by atoms with Gasteiger partial charge in [-0.15, -0.1) is 0 Å². The standard InChI is InChI=1S/C16H24BrNO/c1-3-9-18-12-16(7-4-8-16)11-13-10-14(19-2)5-6-15(13)17/h5-6,10,18H,3-4,7-9,11-12H2,1-2H3. The van der Waals surface area contributed by atoms with Gasteiger partial charge in [-0.2, -0.15) is 0 Å². The summed E-state index contributed by atoms with van der Waals surface area (Å²) >= 11 is 3.67. The summed E-state index contributed by atoms with van der Waals surface area (Å²) < 4.78 is 6.54. The molecule has 1 aliphatic carbocycles. The summed E-state index contributed by atoms with van der Waals surface area (Å²) in [6, 6.07) is 6.28. The highest BCUT2D eigenvalue weighted by atomic mass is 79.9. The van der Waals surface area contributed by atoms with Crippen molar-refractivity contribution in [1.29, 1.82) is 0 Å². The van der Waals surface area contributed by atoms with Crippen LogP contribution in [0.4, 0.5) is 0 Å². The molecule has 0 spiro atoms. The van der Waals surface area contributed by atoms with Crippen LogP contribution < -0.4 is 10.1 Å². The number of hydrogen-bond acceptors (Lipinski definition) is 2. The second kappa shape index (κ2) is 6.76. The maximum Gasteiger partial charge on any atom is 0.119 e. The van der Waals surface area contributed by atoms with Crippen molar-refractivity contribution in [2.75, 3.05) is 20.2 Å². The molecule has 1 aromatic rings. The van der Waals surface area contributed by atoms with Crippen LogP contribution in [0.2, 0.25) is 0 Å². The van der Waals surface area contributed by atoms with E-state index in [1.54, 1.807) is 7.11 Å². The lowest BCUT2D eigenvalue weighted by atomic mass is 9.65. The largest absolute Gasteiger partial charge is 0.497 e. The molecular formula is C16H24BrNO. The van der Waals surface area contributed by atoms with E-state index in [-0.39, 0.29) is 0 Å². The summed E-state index contributed by atoms with van der Waals surface area (Å²) in [6.07, 6.45) is 6.40. The second-order valence-corrected chi connectivity index (χ2v) is 6.52. The second-order valence-electron chi connectivity index (χ2n) is 5.66. The molecule has 3 heteroatoms. The molecule has 106 valence electrons. The molecule has 0 unspecified atom stereocenters. The first kappa shape index (κ1) is 14.9. The smallest absolute Gasteiger partial charge is 0.119 e. The Morgan fingerprint density at radius 2 is 2.16 bits per heavy atom. The van der Waals surface area contributed by atoms with Crippen LogP contribution in [-0.4, -0.2) is 20.2 Å². The van der Waals surface area contributed by atoms with Crippen LogP contribution >= 0.6 is 15.9 Å². The van der Waals surface area contributed by atoms with E-state index >= 15 is 0 Å². The van der Waals surface area contributed by atoms with Crippen LogP contribution in [0.1, 0.15) is 38.2 Å². The summed E-state index contributed by atoms with van der Waals surface area (Å²) in [7, 11) is 1.73. The molecule has 1 fully saturated rings. The Morgan fingerprint density at radius 3 is 2.74 bits per heavy atom. The van der Waals surface area contributed by atoms with E-state index in [0.29, 0.717) is 5.41 Å². The van der Waals surface area contributed by atoms with Crippen LogP contribution in [0.15, 0.2) is 22.7 Å². The number of hydrogen-bond donors (Lipinski definition) is 1. The number of ether oxygens (including phenoxy) is 1. The van der Waals surface area contributed by atoms with Gasteiger partial charge in [0.15, 0.2) is 0 Å². The average molecular weight is 326 g/mol. The third kappa shape index (κ3) is 3.73. The molecule has 0 bridgehead atoms. The molecule has 0 aliphatic heterocycles. The average Bonchev–Trinajstić information content (AvgIpc) is 2.38. The normalized spacial score (nSPS) is 17.0. The third-order valence-electron chi connectivity index (χ3n) is 4.16. The molecule has 0 heterocycles. The van der Waals surface area contributed by atoms with Gasteiger partial charge in [-0.1, -0.05) is 29.3 Å². The molecule has 0 saturated heterocycles. The van der Waals surface area contributed by atoms with Crippen LogP contribution in [0.25, 0.3) is 0 Å². The monoisotopic (exact) mass is 325 g/mol. The first-order valence-electron chi connectivity index (χ1n) is 7.22. The fourth-order valence-corrected chi connectivity index (χ4v) is 3.23. The summed E-state index contributed by atoms with van der Waals surface area (Å²) in [6.45, 7) is 4.49. The minimum Gasteiger partial charge on any atom is -0.497 e. The van der Waals surface area contributed by atoms with Crippen molar-refractivity contribution >= 4 is 15.9 Å². The zero-order valence-corrected chi connectivity index (χ0v) is 13.6. The number of benzene rings is 1. The Bertz CT molecular complexity index is 415. The number of halogens is 1. The highest BCUT2D eigenvalue weighted by molar-refractivity contribution is 9.10. The van der Waals surface area contributed by atoms with E-state index in [1.807, 2.05) is 6.07 Å². The van der Waals surface area contributed by atoms with Gasteiger partial charge >= 0.3 is 0 Å². The summed E-state index contributed by atoms with van der Waals surface area (Å²) in [5.74, 6) is 0.953. The van der Waals surface area contributed by atoms with E-state index in [0.717, 1.165) is 25.3 Å². The van der Waals surface area contributed by atoms with E-state index in [1.165, 1.54) is 35.7 Å². The topological polar surface area (TPSA) is 21.3 Å².